The highest BCUT2D eigenvalue weighted by atomic mass is 32.2. The van der Waals surface area contributed by atoms with E-state index in [1.165, 1.54) is 12.4 Å². The van der Waals surface area contributed by atoms with E-state index < -0.39 is 38.0 Å². The van der Waals surface area contributed by atoms with Gasteiger partial charge in [-0.15, -0.1) is 0 Å². The number of benzene rings is 1. The largest absolute Gasteiger partial charge is 0.444 e. The van der Waals surface area contributed by atoms with E-state index in [-0.39, 0.29) is 0 Å². The average molecular weight is 513 g/mol. The van der Waals surface area contributed by atoms with E-state index >= 15 is 4.39 Å². The van der Waals surface area contributed by atoms with Crippen molar-refractivity contribution in [3.8, 4) is 6.07 Å². The van der Waals surface area contributed by atoms with Gasteiger partial charge in [0.15, 0.2) is 0 Å². The normalized spacial score (nSPS) is 17.6. The number of H-pyrrole nitrogens is 1. The van der Waals surface area contributed by atoms with Crippen LogP contribution in [-0.2, 0) is 14.8 Å². The molecule has 0 spiro atoms. The van der Waals surface area contributed by atoms with Crippen LogP contribution >= 0.6 is 0 Å². The summed E-state index contributed by atoms with van der Waals surface area (Å²) in [5, 5.41) is 10.2. The molecule has 1 saturated carbocycles. The second-order valence-electron chi connectivity index (χ2n) is 10.1. The van der Waals surface area contributed by atoms with Gasteiger partial charge in [0.25, 0.3) is 0 Å². The third-order valence-corrected chi connectivity index (χ3v) is 7.74. The van der Waals surface area contributed by atoms with Crippen molar-refractivity contribution in [1.82, 2.24) is 24.6 Å². The Morgan fingerprint density at radius 3 is 2.67 bits per heavy atom. The highest BCUT2D eigenvalue weighted by Gasteiger charge is 2.47. The van der Waals surface area contributed by atoms with Crippen molar-refractivity contribution >= 4 is 43.6 Å². The number of sulfonamides is 1. The van der Waals surface area contributed by atoms with Crippen molar-refractivity contribution in [2.45, 2.75) is 56.1 Å². The maximum absolute atomic E-state index is 15.1. The van der Waals surface area contributed by atoms with Gasteiger partial charge in [-0.2, -0.15) is 9.98 Å². The fourth-order valence-electron chi connectivity index (χ4n) is 4.23. The van der Waals surface area contributed by atoms with Gasteiger partial charge in [0, 0.05) is 24.0 Å². The average Bonchev–Trinajstić information content (AvgIpc) is 3.48. The Morgan fingerprint density at radius 1 is 1.31 bits per heavy atom. The van der Waals surface area contributed by atoms with Gasteiger partial charge >= 0.3 is 6.09 Å². The van der Waals surface area contributed by atoms with Crippen molar-refractivity contribution in [1.29, 1.82) is 5.26 Å². The minimum atomic E-state index is -4.25. The Hall–Kier alpha value is -3.56. The topological polar surface area (TPSA) is 141 Å². The molecule has 188 valence electrons. The first kappa shape index (κ1) is 24.1. The molecule has 0 atom stereocenters. The summed E-state index contributed by atoms with van der Waals surface area (Å²) >= 11 is 0. The minimum absolute atomic E-state index is 0.334. The van der Waals surface area contributed by atoms with Crippen LogP contribution in [0.25, 0.3) is 27.5 Å². The molecule has 1 amide bonds. The SMILES string of the molecule is CC(C)(C)OC(=O)N1CC=C(c2ncnc3[nH]c4cc(S(=O)(=O)NC5(C#N)CC5)c(F)cc4c23)CC1. The third kappa shape index (κ3) is 4.40. The fraction of sp³-hybridized carbons (Fsp3) is 0.417. The van der Waals surface area contributed by atoms with Crippen LogP contribution in [0.4, 0.5) is 9.18 Å². The molecular weight excluding hydrogens is 487 g/mol. The third-order valence-electron chi connectivity index (χ3n) is 6.19. The highest BCUT2D eigenvalue weighted by molar-refractivity contribution is 7.89. The number of halogens is 1. The van der Waals surface area contributed by atoms with E-state index in [9.17, 15) is 18.5 Å². The lowest BCUT2D eigenvalue weighted by Gasteiger charge is -2.29. The lowest BCUT2D eigenvalue weighted by atomic mass is 10.0. The summed E-state index contributed by atoms with van der Waals surface area (Å²) in [4.78, 5) is 25.2. The van der Waals surface area contributed by atoms with Gasteiger partial charge in [0.2, 0.25) is 10.0 Å². The van der Waals surface area contributed by atoms with Crippen LogP contribution in [0.5, 0.6) is 0 Å². The number of nitrogens with zero attached hydrogens (tertiary/aromatic N) is 4. The second kappa shape index (κ2) is 8.25. The minimum Gasteiger partial charge on any atom is -0.444 e. The molecule has 3 heterocycles. The summed E-state index contributed by atoms with van der Waals surface area (Å²) in [5.41, 5.74) is 0.505. The molecule has 2 aliphatic rings. The molecule has 0 bridgehead atoms. The lowest BCUT2D eigenvalue weighted by Crippen LogP contribution is -2.39. The van der Waals surface area contributed by atoms with E-state index in [4.69, 9.17) is 4.74 Å². The van der Waals surface area contributed by atoms with E-state index in [0.717, 1.165) is 11.6 Å². The molecule has 2 N–H and O–H groups in total. The first-order valence-corrected chi connectivity index (χ1v) is 13.0. The van der Waals surface area contributed by atoms with Crippen molar-refractivity contribution in [3.63, 3.8) is 0 Å². The molecule has 1 aromatic carbocycles. The van der Waals surface area contributed by atoms with E-state index in [1.807, 2.05) is 32.9 Å². The molecule has 3 aromatic rings. The number of hydrogen-bond donors (Lipinski definition) is 2. The monoisotopic (exact) mass is 512 g/mol. The molecule has 2 aromatic heterocycles. The number of fused-ring (bicyclic) bond motifs is 3. The molecule has 0 saturated heterocycles. The van der Waals surface area contributed by atoms with E-state index in [2.05, 4.69) is 19.7 Å². The van der Waals surface area contributed by atoms with Gasteiger partial charge in [-0.1, -0.05) is 6.08 Å². The summed E-state index contributed by atoms with van der Waals surface area (Å²) in [5.74, 6) is -0.937. The van der Waals surface area contributed by atoms with E-state index in [1.54, 1.807) is 4.90 Å². The number of aromatic nitrogens is 3. The lowest BCUT2D eigenvalue weighted by molar-refractivity contribution is 0.0270. The number of nitrogens with one attached hydrogen (secondary N) is 2. The van der Waals surface area contributed by atoms with Crippen LogP contribution in [0.2, 0.25) is 0 Å². The van der Waals surface area contributed by atoms with Crippen LogP contribution in [0, 0.1) is 17.1 Å². The number of amides is 1. The fourth-order valence-corrected chi connectivity index (χ4v) is 5.69. The Morgan fingerprint density at radius 2 is 2.06 bits per heavy atom. The predicted octanol–water partition coefficient (Wildman–Crippen LogP) is 3.61. The summed E-state index contributed by atoms with van der Waals surface area (Å²) in [6.45, 7) is 6.19. The summed E-state index contributed by atoms with van der Waals surface area (Å²) in [6, 6.07) is 4.31. The molecule has 10 nitrogen and oxygen atoms in total. The van der Waals surface area contributed by atoms with Crippen molar-refractivity contribution in [2.24, 2.45) is 0 Å². The molecule has 0 radical (unpaired) electrons. The van der Waals surface area contributed by atoms with Crippen LogP contribution in [-0.4, -0.2) is 58.6 Å². The van der Waals surface area contributed by atoms with Crippen LogP contribution in [0.15, 0.2) is 29.4 Å². The number of hydrogen-bond acceptors (Lipinski definition) is 7. The number of carbonyl (C=O) groups excluding carboxylic acids is 1. The molecule has 36 heavy (non-hydrogen) atoms. The van der Waals surface area contributed by atoms with Crippen LogP contribution in [0.1, 0.15) is 45.7 Å². The molecular formula is C24H25FN6O4S. The number of rotatable bonds is 4. The molecule has 1 fully saturated rings. The van der Waals surface area contributed by atoms with Crippen molar-refractivity contribution in [2.75, 3.05) is 13.1 Å². The number of nitriles is 1. The van der Waals surface area contributed by atoms with Crippen LogP contribution in [0.3, 0.4) is 0 Å². The molecule has 0 unspecified atom stereocenters. The van der Waals surface area contributed by atoms with Gasteiger partial charge in [-0.3, -0.25) is 0 Å². The summed E-state index contributed by atoms with van der Waals surface area (Å²) in [6.07, 6.45) is 4.15. The zero-order valence-corrected chi connectivity index (χ0v) is 20.9. The standard InChI is InChI=1S/C24H25FN6O4S/c1-23(2,3)35-22(32)31-8-4-14(5-9-31)20-19-15-10-16(25)18(11-17(15)29-21(19)28-13-27-20)36(33,34)30-24(12-26)6-7-24/h4,10-11,13,30H,5-9H2,1-3H3,(H,27,28,29). The summed E-state index contributed by atoms with van der Waals surface area (Å²) < 4.78 is 48.5. The van der Waals surface area contributed by atoms with Gasteiger partial charge in [0.05, 0.1) is 17.1 Å². The van der Waals surface area contributed by atoms with E-state index in [0.29, 0.717) is 60.0 Å². The molecule has 1 aliphatic carbocycles. The van der Waals surface area contributed by atoms with Crippen molar-refractivity contribution in [3.05, 3.63) is 36.0 Å². The van der Waals surface area contributed by atoms with Gasteiger partial charge < -0.3 is 14.6 Å². The van der Waals surface area contributed by atoms with Gasteiger partial charge in [-0.25, -0.2) is 27.6 Å². The molecule has 1 aliphatic heterocycles. The number of aromatic amines is 1. The molecule has 5 rings (SSSR count). The zero-order valence-electron chi connectivity index (χ0n) is 20.1. The smallest absolute Gasteiger partial charge is 0.410 e. The molecule has 12 heteroatoms. The number of ether oxygens (including phenoxy) is 1. The maximum Gasteiger partial charge on any atom is 0.410 e. The zero-order chi connectivity index (χ0) is 25.9. The second-order valence-corrected chi connectivity index (χ2v) is 11.8. The van der Waals surface area contributed by atoms with Crippen molar-refractivity contribution < 1.29 is 22.3 Å². The van der Waals surface area contributed by atoms with Gasteiger partial charge in [-0.05, 0) is 57.7 Å². The Kier molecular flexibility index (Phi) is 5.53. The van der Waals surface area contributed by atoms with Crippen LogP contribution < -0.4 is 4.72 Å². The van der Waals surface area contributed by atoms with Gasteiger partial charge in [0.1, 0.15) is 33.8 Å². The first-order chi connectivity index (χ1) is 16.9. The quantitative estimate of drug-likeness (QED) is 0.544. The Labute approximate surface area is 207 Å². The number of carbonyl (C=O) groups is 1. The Bertz CT molecular complexity index is 1580. The summed E-state index contributed by atoms with van der Waals surface area (Å²) in [7, 11) is -4.25. The predicted molar refractivity (Wildman–Crippen MR) is 130 cm³/mol. The Balaban J connectivity index is 1.51. The first-order valence-electron chi connectivity index (χ1n) is 11.5. The maximum atomic E-state index is 15.1. The highest BCUT2D eigenvalue weighted by Crippen LogP contribution is 2.38.